The van der Waals surface area contributed by atoms with E-state index in [1.807, 2.05) is 4.90 Å². The number of halogens is 1. The molecule has 1 N–H and O–H groups in total. The molecule has 1 aliphatic heterocycles. The van der Waals surface area contributed by atoms with Crippen LogP contribution in [0.15, 0.2) is 18.3 Å². The van der Waals surface area contributed by atoms with Gasteiger partial charge in [-0.2, -0.15) is 5.26 Å². The van der Waals surface area contributed by atoms with Gasteiger partial charge in [0.2, 0.25) is 5.91 Å². The van der Waals surface area contributed by atoms with Crippen molar-refractivity contribution < 1.29 is 9.18 Å². The van der Waals surface area contributed by atoms with Crippen molar-refractivity contribution >= 4 is 11.7 Å². The number of aromatic nitrogens is 1. The van der Waals surface area contributed by atoms with E-state index in [2.05, 4.69) is 16.4 Å². The molecule has 1 aromatic rings. The number of piperidine rings is 1. The number of nitrogens with zero attached hydrogens (tertiary/aromatic N) is 3. The molecule has 20 heavy (non-hydrogen) atoms. The van der Waals surface area contributed by atoms with E-state index in [9.17, 15) is 9.18 Å². The number of carbonyl (C=O) groups is 1. The molecule has 2 rings (SSSR count). The lowest BCUT2D eigenvalue weighted by Crippen LogP contribution is -2.48. The van der Waals surface area contributed by atoms with Gasteiger partial charge in [-0.05, 0) is 12.1 Å². The van der Waals surface area contributed by atoms with Gasteiger partial charge in [0.1, 0.15) is 17.6 Å². The predicted octanol–water partition coefficient (Wildman–Crippen LogP) is 1.40. The lowest BCUT2D eigenvalue weighted by Gasteiger charge is -2.37. The Morgan fingerprint density at radius 1 is 1.60 bits per heavy atom. The van der Waals surface area contributed by atoms with E-state index in [4.69, 9.17) is 5.26 Å². The first-order valence-corrected chi connectivity index (χ1v) is 6.57. The fourth-order valence-corrected chi connectivity index (χ4v) is 2.32. The molecule has 106 valence electrons. The summed E-state index contributed by atoms with van der Waals surface area (Å²) in [6.45, 7) is 2.40. The van der Waals surface area contributed by atoms with Gasteiger partial charge in [0.25, 0.3) is 0 Å². The van der Waals surface area contributed by atoms with Crippen LogP contribution in [0.5, 0.6) is 0 Å². The fourth-order valence-electron chi connectivity index (χ4n) is 2.32. The summed E-state index contributed by atoms with van der Waals surface area (Å²) in [5, 5.41) is 11.6. The second kappa shape index (κ2) is 5.87. The Morgan fingerprint density at radius 3 is 2.90 bits per heavy atom. The summed E-state index contributed by atoms with van der Waals surface area (Å²) >= 11 is 0. The molecule has 0 spiro atoms. The summed E-state index contributed by atoms with van der Waals surface area (Å²) < 4.78 is 14.5. The number of pyridine rings is 1. The number of anilines is 1. The topological polar surface area (TPSA) is 69.0 Å². The van der Waals surface area contributed by atoms with E-state index in [0.717, 1.165) is 0 Å². The summed E-state index contributed by atoms with van der Waals surface area (Å²) in [7, 11) is 0. The van der Waals surface area contributed by atoms with Crippen LogP contribution in [0, 0.1) is 11.3 Å². The lowest BCUT2D eigenvalue weighted by molar-refractivity contribution is -0.119. The SMILES string of the molecule is CC(=O)NCC1(F)CCN(c2ncccc2C#N)CC1. The number of alkyl halides is 1. The molecule has 0 aromatic carbocycles. The van der Waals surface area contributed by atoms with Gasteiger partial charge in [-0.25, -0.2) is 9.37 Å². The molecule has 0 bridgehead atoms. The van der Waals surface area contributed by atoms with E-state index in [1.54, 1.807) is 18.3 Å². The van der Waals surface area contributed by atoms with Crippen molar-refractivity contribution in [1.82, 2.24) is 10.3 Å². The highest BCUT2D eigenvalue weighted by Crippen LogP contribution is 2.29. The molecule has 6 heteroatoms. The highest BCUT2D eigenvalue weighted by molar-refractivity contribution is 5.72. The van der Waals surface area contributed by atoms with Gasteiger partial charge in [0.05, 0.1) is 12.1 Å². The van der Waals surface area contributed by atoms with Gasteiger partial charge in [-0.3, -0.25) is 4.79 Å². The van der Waals surface area contributed by atoms with Gasteiger partial charge < -0.3 is 10.2 Å². The van der Waals surface area contributed by atoms with Crippen LogP contribution in [0.25, 0.3) is 0 Å². The molecule has 2 heterocycles. The lowest BCUT2D eigenvalue weighted by atomic mass is 9.93. The van der Waals surface area contributed by atoms with Crippen LogP contribution in [-0.2, 0) is 4.79 Å². The Bertz CT molecular complexity index is 532. The number of hydrogen-bond donors (Lipinski definition) is 1. The molecule has 5 nitrogen and oxygen atoms in total. The average molecular weight is 276 g/mol. The number of hydrogen-bond acceptors (Lipinski definition) is 4. The standard InChI is InChI=1S/C14H17FN4O/c1-11(20)18-10-14(15)4-7-19(8-5-14)13-12(9-16)3-2-6-17-13/h2-3,6H,4-5,7-8,10H2,1H3,(H,18,20). The zero-order chi connectivity index (χ0) is 14.6. The van der Waals surface area contributed by atoms with Crippen molar-refractivity contribution in [3.63, 3.8) is 0 Å². The Morgan fingerprint density at radius 2 is 2.30 bits per heavy atom. The Labute approximate surface area is 117 Å². The van der Waals surface area contributed by atoms with Gasteiger partial charge >= 0.3 is 0 Å². The maximum absolute atomic E-state index is 14.5. The molecular formula is C14H17FN4O. The minimum Gasteiger partial charge on any atom is -0.355 e. The van der Waals surface area contributed by atoms with Crippen molar-refractivity contribution in [3.05, 3.63) is 23.9 Å². The average Bonchev–Trinajstić information content (AvgIpc) is 2.46. The molecular weight excluding hydrogens is 259 g/mol. The number of nitriles is 1. The summed E-state index contributed by atoms with van der Waals surface area (Å²) in [6, 6.07) is 5.51. The molecule has 1 saturated heterocycles. The zero-order valence-corrected chi connectivity index (χ0v) is 11.4. The second-order valence-electron chi connectivity index (χ2n) is 5.03. The molecule has 1 aliphatic rings. The van der Waals surface area contributed by atoms with Crippen molar-refractivity contribution in [3.8, 4) is 6.07 Å². The molecule has 1 amide bonds. The highest BCUT2D eigenvalue weighted by atomic mass is 19.1. The number of rotatable bonds is 3. The maximum Gasteiger partial charge on any atom is 0.216 e. The summed E-state index contributed by atoms with van der Waals surface area (Å²) in [5.41, 5.74) is -0.871. The van der Waals surface area contributed by atoms with E-state index < -0.39 is 5.67 Å². The van der Waals surface area contributed by atoms with Crippen LogP contribution < -0.4 is 10.2 Å². The van der Waals surface area contributed by atoms with Gasteiger partial charge in [-0.15, -0.1) is 0 Å². The smallest absolute Gasteiger partial charge is 0.216 e. The van der Waals surface area contributed by atoms with Crippen molar-refractivity contribution in [2.24, 2.45) is 0 Å². The number of carbonyl (C=O) groups excluding carboxylic acids is 1. The van der Waals surface area contributed by atoms with E-state index in [0.29, 0.717) is 37.3 Å². The van der Waals surface area contributed by atoms with Crippen LogP contribution in [-0.4, -0.2) is 36.2 Å². The van der Waals surface area contributed by atoms with Crippen molar-refractivity contribution in [1.29, 1.82) is 5.26 Å². The van der Waals surface area contributed by atoms with Crippen LogP contribution in [0.2, 0.25) is 0 Å². The summed E-state index contributed by atoms with van der Waals surface area (Å²) in [6.07, 6.45) is 2.26. The van der Waals surface area contributed by atoms with Crippen LogP contribution in [0.4, 0.5) is 10.2 Å². The van der Waals surface area contributed by atoms with E-state index in [1.165, 1.54) is 6.92 Å². The Hall–Kier alpha value is -2.16. The first-order valence-electron chi connectivity index (χ1n) is 6.57. The van der Waals surface area contributed by atoms with Crippen molar-refractivity contribution in [2.45, 2.75) is 25.4 Å². The normalized spacial score (nSPS) is 17.4. The highest BCUT2D eigenvalue weighted by Gasteiger charge is 2.35. The molecule has 0 unspecified atom stereocenters. The third-order valence-electron chi connectivity index (χ3n) is 3.52. The predicted molar refractivity (Wildman–Crippen MR) is 72.9 cm³/mol. The van der Waals surface area contributed by atoms with Gasteiger partial charge in [0.15, 0.2) is 0 Å². The number of nitrogens with one attached hydrogen (secondary N) is 1. The molecule has 0 aliphatic carbocycles. The molecule has 1 fully saturated rings. The van der Waals surface area contributed by atoms with Crippen LogP contribution in [0.3, 0.4) is 0 Å². The van der Waals surface area contributed by atoms with Gasteiger partial charge in [0, 0.05) is 39.1 Å². The van der Waals surface area contributed by atoms with Gasteiger partial charge in [-0.1, -0.05) is 0 Å². The molecule has 0 saturated carbocycles. The van der Waals surface area contributed by atoms with Crippen LogP contribution in [0.1, 0.15) is 25.3 Å². The molecule has 0 atom stereocenters. The summed E-state index contributed by atoms with van der Waals surface area (Å²) in [5.74, 6) is 0.387. The number of amides is 1. The minimum atomic E-state index is -1.37. The zero-order valence-electron chi connectivity index (χ0n) is 11.4. The monoisotopic (exact) mass is 276 g/mol. The van der Waals surface area contributed by atoms with E-state index in [-0.39, 0.29) is 12.5 Å². The minimum absolute atomic E-state index is 0.0451. The second-order valence-corrected chi connectivity index (χ2v) is 5.03. The maximum atomic E-state index is 14.5. The fraction of sp³-hybridized carbons (Fsp3) is 0.500. The molecule has 0 radical (unpaired) electrons. The third kappa shape index (κ3) is 3.23. The third-order valence-corrected chi connectivity index (χ3v) is 3.52. The Kier molecular flexibility index (Phi) is 4.18. The van der Waals surface area contributed by atoms with Crippen molar-refractivity contribution in [2.75, 3.05) is 24.5 Å². The summed E-state index contributed by atoms with van der Waals surface area (Å²) in [4.78, 5) is 17.0. The quantitative estimate of drug-likeness (QED) is 0.906. The first kappa shape index (κ1) is 14.3. The van der Waals surface area contributed by atoms with Crippen LogP contribution >= 0.6 is 0 Å². The first-order chi connectivity index (χ1) is 9.54. The largest absolute Gasteiger partial charge is 0.355 e. The molecule has 1 aromatic heterocycles. The van der Waals surface area contributed by atoms with E-state index >= 15 is 0 Å². The Balaban J connectivity index is 2.01.